The van der Waals surface area contributed by atoms with Crippen molar-refractivity contribution < 1.29 is 19.8 Å². The van der Waals surface area contributed by atoms with Gasteiger partial charge in [0.25, 0.3) is 5.91 Å². The molecular formula is C11H9N3O4. The van der Waals surface area contributed by atoms with Crippen molar-refractivity contribution in [1.82, 2.24) is 10.2 Å². The third-order valence-electron chi connectivity index (χ3n) is 2.24. The van der Waals surface area contributed by atoms with Crippen LogP contribution in [0.15, 0.2) is 30.6 Å². The molecule has 4 N–H and O–H groups in total. The molecule has 2 aromatic rings. The highest BCUT2D eigenvalue weighted by Crippen LogP contribution is 2.21. The normalized spacial score (nSPS) is 10.0. The fourth-order valence-electron chi connectivity index (χ4n) is 1.39. The van der Waals surface area contributed by atoms with Gasteiger partial charge in [-0.05, 0) is 18.2 Å². The lowest BCUT2D eigenvalue weighted by Gasteiger charge is -2.07. The van der Waals surface area contributed by atoms with Crippen molar-refractivity contribution in [1.29, 1.82) is 0 Å². The third kappa shape index (κ3) is 2.29. The van der Waals surface area contributed by atoms with Gasteiger partial charge in [-0.2, -0.15) is 5.10 Å². The standard InChI is InChI=1S/C11H9N3O4/c15-7-1-2-9(8(3-7)11(17)18)14-10(16)6-4-12-13-5-6/h1-5,15H,(H,12,13)(H,14,16)(H,17,18). The van der Waals surface area contributed by atoms with E-state index in [2.05, 4.69) is 15.5 Å². The molecule has 7 nitrogen and oxygen atoms in total. The predicted octanol–water partition coefficient (Wildman–Crippen LogP) is 1.07. The van der Waals surface area contributed by atoms with E-state index in [1.807, 2.05) is 0 Å². The molecule has 0 fully saturated rings. The summed E-state index contributed by atoms with van der Waals surface area (Å²) in [5.74, 6) is -1.92. The summed E-state index contributed by atoms with van der Waals surface area (Å²) in [5, 5.41) is 26.7. The molecule has 0 aliphatic carbocycles. The molecule has 1 amide bonds. The Morgan fingerprint density at radius 2 is 2.11 bits per heavy atom. The van der Waals surface area contributed by atoms with Gasteiger partial charge in [0, 0.05) is 6.20 Å². The summed E-state index contributed by atoms with van der Waals surface area (Å²) in [6.45, 7) is 0. The topological polar surface area (TPSA) is 115 Å². The zero-order valence-electron chi connectivity index (χ0n) is 9.04. The van der Waals surface area contributed by atoms with E-state index in [4.69, 9.17) is 5.11 Å². The average Bonchev–Trinajstić information content (AvgIpc) is 2.84. The van der Waals surface area contributed by atoms with Crippen molar-refractivity contribution in [3.8, 4) is 5.75 Å². The summed E-state index contributed by atoms with van der Waals surface area (Å²) >= 11 is 0. The predicted molar refractivity (Wildman–Crippen MR) is 61.6 cm³/mol. The second kappa shape index (κ2) is 4.58. The first-order chi connectivity index (χ1) is 8.58. The van der Waals surface area contributed by atoms with E-state index in [0.29, 0.717) is 0 Å². The molecule has 0 atom stereocenters. The van der Waals surface area contributed by atoms with Crippen LogP contribution >= 0.6 is 0 Å². The Bertz CT molecular complexity index is 592. The number of benzene rings is 1. The SMILES string of the molecule is O=C(Nc1ccc(O)cc1C(=O)O)c1cn[nH]c1. The fourth-order valence-corrected chi connectivity index (χ4v) is 1.39. The Kier molecular flexibility index (Phi) is 2.96. The van der Waals surface area contributed by atoms with E-state index in [1.165, 1.54) is 24.5 Å². The Morgan fingerprint density at radius 1 is 1.33 bits per heavy atom. The largest absolute Gasteiger partial charge is 0.508 e. The molecule has 0 saturated heterocycles. The minimum atomic E-state index is -1.24. The van der Waals surface area contributed by atoms with Crippen molar-refractivity contribution in [2.24, 2.45) is 0 Å². The first kappa shape index (κ1) is 11.6. The van der Waals surface area contributed by atoms with E-state index in [0.717, 1.165) is 6.07 Å². The molecule has 0 radical (unpaired) electrons. The van der Waals surface area contributed by atoms with Crippen LogP contribution in [-0.2, 0) is 0 Å². The number of hydrogen-bond acceptors (Lipinski definition) is 4. The van der Waals surface area contributed by atoms with Gasteiger partial charge in [-0.15, -0.1) is 0 Å². The number of carbonyl (C=O) groups is 2. The lowest BCUT2D eigenvalue weighted by atomic mass is 10.1. The molecule has 7 heteroatoms. The molecule has 0 aliphatic rings. The van der Waals surface area contributed by atoms with Gasteiger partial charge in [0.1, 0.15) is 5.75 Å². The molecule has 1 aromatic heterocycles. The number of hydrogen-bond donors (Lipinski definition) is 4. The lowest BCUT2D eigenvalue weighted by Crippen LogP contribution is -2.14. The van der Waals surface area contributed by atoms with Gasteiger partial charge in [0.05, 0.1) is 23.0 Å². The maximum absolute atomic E-state index is 11.7. The highest BCUT2D eigenvalue weighted by atomic mass is 16.4. The smallest absolute Gasteiger partial charge is 0.337 e. The molecule has 92 valence electrons. The van der Waals surface area contributed by atoms with Gasteiger partial charge < -0.3 is 15.5 Å². The van der Waals surface area contributed by atoms with Gasteiger partial charge in [-0.25, -0.2) is 4.79 Å². The van der Waals surface area contributed by atoms with Crippen LogP contribution in [0.3, 0.4) is 0 Å². The number of rotatable bonds is 3. The number of aromatic amines is 1. The van der Waals surface area contributed by atoms with Crippen LogP contribution in [0.1, 0.15) is 20.7 Å². The van der Waals surface area contributed by atoms with Crippen LogP contribution in [0.2, 0.25) is 0 Å². The Hall–Kier alpha value is -2.83. The van der Waals surface area contributed by atoms with Gasteiger partial charge >= 0.3 is 5.97 Å². The summed E-state index contributed by atoms with van der Waals surface area (Å²) in [6.07, 6.45) is 2.70. The van der Waals surface area contributed by atoms with Gasteiger partial charge in [0.15, 0.2) is 0 Å². The first-order valence-electron chi connectivity index (χ1n) is 4.94. The van der Waals surface area contributed by atoms with Crippen LogP contribution in [-0.4, -0.2) is 32.3 Å². The molecule has 18 heavy (non-hydrogen) atoms. The van der Waals surface area contributed by atoms with Gasteiger partial charge in [0.2, 0.25) is 0 Å². The van der Waals surface area contributed by atoms with Crippen molar-refractivity contribution in [2.75, 3.05) is 5.32 Å². The van der Waals surface area contributed by atoms with Crippen LogP contribution < -0.4 is 5.32 Å². The minimum Gasteiger partial charge on any atom is -0.508 e. The maximum Gasteiger partial charge on any atom is 0.337 e. The molecule has 0 spiro atoms. The van der Waals surface area contributed by atoms with Crippen LogP contribution in [0, 0.1) is 0 Å². The van der Waals surface area contributed by atoms with Crippen LogP contribution in [0.25, 0.3) is 0 Å². The highest BCUT2D eigenvalue weighted by Gasteiger charge is 2.14. The molecule has 0 saturated carbocycles. The second-order valence-electron chi connectivity index (χ2n) is 3.48. The average molecular weight is 247 g/mol. The summed E-state index contributed by atoms with van der Waals surface area (Å²) in [7, 11) is 0. The number of phenolic OH excluding ortho intramolecular Hbond substituents is 1. The Balaban J connectivity index is 2.29. The van der Waals surface area contributed by atoms with Crippen molar-refractivity contribution in [3.63, 3.8) is 0 Å². The quantitative estimate of drug-likeness (QED) is 0.605. The number of nitrogens with zero attached hydrogens (tertiary/aromatic N) is 1. The molecule has 2 rings (SSSR count). The number of aromatic carboxylic acids is 1. The fraction of sp³-hybridized carbons (Fsp3) is 0. The number of carboxylic acids is 1. The Labute approximate surface area is 101 Å². The zero-order valence-corrected chi connectivity index (χ0v) is 9.04. The summed E-state index contributed by atoms with van der Waals surface area (Å²) in [6, 6.07) is 3.67. The van der Waals surface area contributed by atoms with E-state index < -0.39 is 11.9 Å². The van der Waals surface area contributed by atoms with Gasteiger partial charge in [-0.3, -0.25) is 9.89 Å². The number of nitrogens with one attached hydrogen (secondary N) is 2. The molecular weight excluding hydrogens is 238 g/mol. The Morgan fingerprint density at radius 3 is 2.72 bits per heavy atom. The molecule has 0 aliphatic heterocycles. The maximum atomic E-state index is 11.7. The number of aromatic hydroxyl groups is 1. The monoisotopic (exact) mass is 247 g/mol. The van der Waals surface area contributed by atoms with E-state index >= 15 is 0 Å². The van der Waals surface area contributed by atoms with Gasteiger partial charge in [-0.1, -0.05) is 0 Å². The number of anilines is 1. The number of carboxylic acid groups (broad SMARTS) is 1. The van der Waals surface area contributed by atoms with Crippen molar-refractivity contribution in [2.45, 2.75) is 0 Å². The van der Waals surface area contributed by atoms with E-state index in [9.17, 15) is 14.7 Å². The second-order valence-corrected chi connectivity index (χ2v) is 3.48. The summed E-state index contributed by atoms with van der Waals surface area (Å²) < 4.78 is 0. The molecule has 1 heterocycles. The number of aromatic nitrogens is 2. The first-order valence-corrected chi connectivity index (χ1v) is 4.94. The molecule has 0 bridgehead atoms. The summed E-state index contributed by atoms with van der Waals surface area (Å²) in [4.78, 5) is 22.7. The summed E-state index contributed by atoms with van der Waals surface area (Å²) in [5.41, 5.74) is 0.192. The number of amides is 1. The number of carbonyl (C=O) groups excluding carboxylic acids is 1. The highest BCUT2D eigenvalue weighted by molar-refractivity contribution is 6.07. The molecule has 0 unspecified atom stereocenters. The van der Waals surface area contributed by atoms with Crippen molar-refractivity contribution in [3.05, 3.63) is 41.7 Å². The third-order valence-corrected chi connectivity index (χ3v) is 2.24. The number of phenols is 1. The van der Waals surface area contributed by atoms with Crippen LogP contribution in [0.4, 0.5) is 5.69 Å². The van der Waals surface area contributed by atoms with E-state index in [-0.39, 0.29) is 22.6 Å². The van der Waals surface area contributed by atoms with Crippen LogP contribution in [0.5, 0.6) is 5.75 Å². The zero-order chi connectivity index (χ0) is 13.1. The number of H-pyrrole nitrogens is 1. The lowest BCUT2D eigenvalue weighted by molar-refractivity contribution is 0.0697. The van der Waals surface area contributed by atoms with E-state index in [1.54, 1.807) is 0 Å². The molecule has 1 aromatic carbocycles. The van der Waals surface area contributed by atoms with Crippen molar-refractivity contribution >= 4 is 17.6 Å². The minimum absolute atomic E-state index is 0.103.